The molecule has 108 valence electrons. The largest absolute Gasteiger partial charge is 0.314 e. The highest BCUT2D eigenvalue weighted by molar-refractivity contribution is 7.09. The number of hydrogen-bond donors (Lipinski definition) is 1. The monoisotopic (exact) mass is 279 g/mol. The predicted molar refractivity (Wildman–Crippen MR) is 85.8 cm³/mol. The summed E-state index contributed by atoms with van der Waals surface area (Å²) in [6, 6.07) is 5.10. The molecule has 0 radical (unpaired) electrons. The molecular weight excluding hydrogens is 250 g/mol. The van der Waals surface area contributed by atoms with E-state index in [0.29, 0.717) is 11.5 Å². The van der Waals surface area contributed by atoms with E-state index in [1.807, 2.05) is 11.3 Å². The maximum Gasteiger partial charge on any atom is 0.00480 e. The third kappa shape index (κ3) is 4.61. The van der Waals surface area contributed by atoms with Gasteiger partial charge in [-0.1, -0.05) is 33.8 Å². The van der Waals surface area contributed by atoms with Crippen LogP contribution in [-0.4, -0.2) is 12.6 Å². The Hall–Kier alpha value is -0.340. The summed E-state index contributed by atoms with van der Waals surface area (Å²) in [4.78, 5) is 1.57. The lowest BCUT2D eigenvalue weighted by Gasteiger charge is -2.41. The highest BCUT2D eigenvalue weighted by atomic mass is 32.1. The first-order chi connectivity index (χ1) is 8.96. The average molecular weight is 279 g/mol. The van der Waals surface area contributed by atoms with Crippen LogP contribution < -0.4 is 5.32 Å². The zero-order chi connectivity index (χ0) is 13.9. The molecule has 0 saturated heterocycles. The van der Waals surface area contributed by atoms with Crippen molar-refractivity contribution in [3.8, 4) is 0 Å². The van der Waals surface area contributed by atoms with E-state index in [0.717, 1.165) is 11.8 Å². The van der Waals surface area contributed by atoms with Gasteiger partial charge in [0.05, 0.1) is 0 Å². The van der Waals surface area contributed by atoms with E-state index in [-0.39, 0.29) is 0 Å². The summed E-state index contributed by atoms with van der Waals surface area (Å²) in [5.41, 5.74) is 0.538. The topological polar surface area (TPSA) is 12.0 Å². The Balaban J connectivity index is 1.99. The zero-order valence-corrected chi connectivity index (χ0v) is 13.7. The lowest BCUT2D eigenvalue weighted by Crippen LogP contribution is -2.38. The molecule has 1 nitrogen and oxygen atoms in total. The summed E-state index contributed by atoms with van der Waals surface area (Å²) in [5.74, 6) is 1.71. The minimum Gasteiger partial charge on any atom is -0.314 e. The fourth-order valence-electron chi connectivity index (χ4n) is 3.37. The maximum absolute atomic E-state index is 3.66. The Bertz CT molecular complexity index is 365. The normalized spacial score (nSPS) is 26.8. The van der Waals surface area contributed by atoms with Crippen molar-refractivity contribution in [3.05, 3.63) is 22.4 Å². The molecule has 1 aromatic heterocycles. The van der Waals surface area contributed by atoms with Crippen LogP contribution in [0.25, 0.3) is 0 Å². The van der Waals surface area contributed by atoms with Gasteiger partial charge in [0.15, 0.2) is 0 Å². The first-order valence-corrected chi connectivity index (χ1v) is 8.60. The van der Waals surface area contributed by atoms with Gasteiger partial charge in [-0.2, -0.15) is 0 Å². The molecule has 2 heteroatoms. The standard InChI is InChI=1S/C17H29NS/c1-13(2)18-12-14-7-8-17(3,4)11-15(14)10-16-6-5-9-19-16/h5-6,9,13-15,18H,7-8,10-12H2,1-4H3. The Labute approximate surface area is 122 Å². The number of hydrogen-bond acceptors (Lipinski definition) is 2. The van der Waals surface area contributed by atoms with Crippen molar-refractivity contribution in [2.45, 2.75) is 59.4 Å². The zero-order valence-electron chi connectivity index (χ0n) is 12.9. The van der Waals surface area contributed by atoms with Gasteiger partial charge in [0.25, 0.3) is 0 Å². The summed E-state index contributed by atoms with van der Waals surface area (Å²) in [7, 11) is 0. The fourth-order valence-corrected chi connectivity index (χ4v) is 4.17. The van der Waals surface area contributed by atoms with Crippen LogP contribution >= 0.6 is 11.3 Å². The second-order valence-electron chi connectivity index (χ2n) is 7.27. The van der Waals surface area contributed by atoms with Crippen molar-refractivity contribution < 1.29 is 0 Å². The molecule has 0 amide bonds. The Morgan fingerprint density at radius 2 is 2.16 bits per heavy atom. The molecule has 1 aliphatic rings. The van der Waals surface area contributed by atoms with Gasteiger partial charge in [-0.05, 0) is 60.9 Å². The van der Waals surface area contributed by atoms with Crippen molar-refractivity contribution in [2.75, 3.05) is 6.54 Å². The van der Waals surface area contributed by atoms with Gasteiger partial charge >= 0.3 is 0 Å². The highest BCUT2D eigenvalue weighted by Gasteiger charge is 2.34. The molecular formula is C17H29NS. The van der Waals surface area contributed by atoms with Crippen LogP contribution in [0.1, 0.15) is 51.8 Å². The van der Waals surface area contributed by atoms with Crippen LogP contribution in [0.3, 0.4) is 0 Å². The second kappa shape index (κ2) is 6.41. The molecule has 2 atom stereocenters. The summed E-state index contributed by atoms with van der Waals surface area (Å²) in [5, 5.41) is 5.87. The van der Waals surface area contributed by atoms with Crippen LogP contribution in [0.15, 0.2) is 17.5 Å². The van der Waals surface area contributed by atoms with Gasteiger partial charge in [-0.3, -0.25) is 0 Å². The van der Waals surface area contributed by atoms with Gasteiger partial charge in [0.1, 0.15) is 0 Å². The molecule has 2 rings (SSSR count). The van der Waals surface area contributed by atoms with Gasteiger partial charge in [0.2, 0.25) is 0 Å². The lowest BCUT2D eigenvalue weighted by molar-refractivity contribution is 0.115. The van der Waals surface area contributed by atoms with Crippen LogP contribution in [0.5, 0.6) is 0 Å². The van der Waals surface area contributed by atoms with E-state index in [1.54, 1.807) is 4.88 Å². The van der Waals surface area contributed by atoms with E-state index in [1.165, 1.54) is 32.2 Å². The molecule has 1 heterocycles. The molecule has 0 aliphatic heterocycles. The third-order valence-corrected chi connectivity index (χ3v) is 5.40. The third-order valence-electron chi connectivity index (χ3n) is 4.51. The first-order valence-electron chi connectivity index (χ1n) is 7.72. The van der Waals surface area contributed by atoms with Crippen LogP contribution in [0.2, 0.25) is 0 Å². The number of nitrogens with one attached hydrogen (secondary N) is 1. The summed E-state index contributed by atoms with van der Waals surface area (Å²) in [6.45, 7) is 10.6. The molecule has 19 heavy (non-hydrogen) atoms. The molecule has 0 bridgehead atoms. The van der Waals surface area contributed by atoms with Gasteiger partial charge in [-0.15, -0.1) is 11.3 Å². The Kier molecular flexibility index (Phi) is 5.08. The summed E-state index contributed by atoms with van der Waals surface area (Å²) < 4.78 is 0. The molecule has 2 unspecified atom stereocenters. The molecule has 1 aromatic rings. The van der Waals surface area contributed by atoms with E-state index < -0.39 is 0 Å². The Morgan fingerprint density at radius 1 is 1.37 bits per heavy atom. The molecule has 1 fully saturated rings. The van der Waals surface area contributed by atoms with Crippen molar-refractivity contribution in [3.63, 3.8) is 0 Å². The Morgan fingerprint density at radius 3 is 2.79 bits per heavy atom. The highest BCUT2D eigenvalue weighted by Crippen LogP contribution is 2.43. The SMILES string of the molecule is CC(C)NCC1CCC(C)(C)CC1Cc1cccs1. The lowest BCUT2D eigenvalue weighted by atomic mass is 9.66. The van der Waals surface area contributed by atoms with E-state index >= 15 is 0 Å². The van der Waals surface area contributed by atoms with Crippen LogP contribution in [0, 0.1) is 17.3 Å². The van der Waals surface area contributed by atoms with E-state index in [4.69, 9.17) is 0 Å². The first kappa shape index (κ1) is 15.1. The number of rotatable bonds is 5. The van der Waals surface area contributed by atoms with Crippen LogP contribution in [0.4, 0.5) is 0 Å². The number of thiophene rings is 1. The average Bonchev–Trinajstić information content (AvgIpc) is 2.79. The van der Waals surface area contributed by atoms with Gasteiger partial charge < -0.3 is 5.32 Å². The van der Waals surface area contributed by atoms with Crippen molar-refractivity contribution >= 4 is 11.3 Å². The fraction of sp³-hybridized carbons (Fsp3) is 0.765. The predicted octanol–water partition coefficient (Wildman–Crippen LogP) is 4.73. The molecule has 0 aromatic carbocycles. The quantitative estimate of drug-likeness (QED) is 0.821. The van der Waals surface area contributed by atoms with E-state index in [2.05, 4.69) is 50.5 Å². The smallest absolute Gasteiger partial charge is 0.00480 e. The van der Waals surface area contributed by atoms with Crippen molar-refractivity contribution in [1.82, 2.24) is 5.32 Å². The van der Waals surface area contributed by atoms with Gasteiger partial charge in [-0.25, -0.2) is 0 Å². The van der Waals surface area contributed by atoms with E-state index in [9.17, 15) is 0 Å². The minimum absolute atomic E-state index is 0.538. The van der Waals surface area contributed by atoms with Crippen molar-refractivity contribution in [2.24, 2.45) is 17.3 Å². The van der Waals surface area contributed by atoms with Gasteiger partial charge in [0, 0.05) is 10.9 Å². The van der Waals surface area contributed by atoms with Crippen LogP contribution in [-0.2, 0) is 6.42 Å². The summed E-state index contributed by atoms with van der Waals surface area (Å²) >= 11 is 1.92. The molecule has 1 saturated carbocycles. The molecule has 1 N–H and O–H groups in total. The second-order valence-corrected chi connectivity index (χ2v) is 8.31. The maximum atomic E-state index is 3.66. The minimum atomic E-state index is 0.538. The summed E-state index contributed by atoms with van der Waals surface area (Å²) in [6.07, 6.45) is 5.45. The van der Waals surface area contributed by atoms with Crippen molar-refractivity contribution in [1.29, 1.82) is 0 Å². The molecule has 0 spiro atoms. The molecule has 1 aliphatic carbocycles.